The van der Waals surface area contributed by atoms with Gasteiger partial charge < -0.3 is 4.90 Å². The average molecular weight is 481 g/mol. The van der Waals surface area contributed by atoms with E-state index in [0.29, 0.717) is 29.7 Å². The zero-order chi connectivity index (χ0) is 24.7. The third-order valence-electron chi connectivity index (χ3n) is 6.40. The summed E-state index contributed by atoms with van der Waals surface area (Å²) in [5.74, 6) is -0.602. The van der Waals surface area contributed by atoms with Crippen LogP contribution in [0.3, 0.4) is 0 Å². The fourth-order valence-corrected chi connectivity index (χ4v) is 4.42. The first-order valence-electron chi connectivity index (χ1n) is 12.1. The van der Waals surface area contributed by atoms with Gasteiger partial charge in [0.15, 0.2) is 0 Å². The maximum Gasteiger partial charge on any atom is 0.270 e. The summed E-state index contributed by atoms with van der Waals surface area (Å²) in [5.41, 5.74) is 9.07. The number of benzene rings is 2. The number of hydrogen-bond donors (Lipinski definition) is 2. The highest BCUT2D eigenvalue weighted by atomic mass is 16.2. The van der Waals surface area contributed by atoms with Crippen molar-refractivity contribution in [3.05, 3.63) is 90.8 Å². The number of aromatic nitrogens is 2. The van der Waals surface area contributed by atoms with Crippen molar-refractivity contribution in [2.45, 2.75) is 6.42 Å². The van der Waals surface area contributed by atoms with E-state index in [4.69, 9.17) is 0 Å². The molecule has 2 aromatic heterocycles. The summed E-state index contributed by atoms with van der Waals surface area (Å²) in [7, 11) is 0. The Bertz CT molecular complexity index is 1340. The Morgan fingerprint density at radius 3 is 2.33 bits per heavy atom. The molecule has 182 valence electrons. The summed E-state index contributed by atoms with van der Waals surface area (Å²) >= 11 is 0. The third kappa shape index (κ3) is 5.50. The second-order valence-electron chi connectivity index (χ2n) is 8.72. The van der Waals surface area contributed by atoms with Gasteiger partial charge in [0, 0.05) is 68.2 Å². The van der Waals surface area contributed by atoms with Crippen LogP contribution in [0.1, 0.15) is 16.8 Å². The number of carbonyl (C=O) groups excluding carboxylic acids is 2. The number of hydrogen-bond acceptors (Lipinski definition) is 6. The first kappa shape index (κ1) is 23.4. The molecular weight excluding hydrogens is 452 g/mol. The zero-order valence-corrected chi connectivity index (χ0v) is 19.9. The Hall–Kier alpha value is -4.30. The van der Waals surface area contributed by atoms with Gasteiger partial charge in [-0.25, -0.2) is 4.98 Å². The second-order valence-corrected chi connectivity index (χ2v) is 8.72. The lowest BCUT2D eigenvalue weighted by Crippen LogP contribution is -2.48. The molecule has 2 aromatic carbocycles. The van der Waals surface area contributed by atoms with Crippen molar-refractivity contribution < 1.29 is 9.59 Å². The number of pyridine rings is 2. The lowest BCUT2D eigenvalue weighted by molar-refractivity contribution is -0.122. The quantitative estimate of drug-likeness (QED) is 0.412. The van der Waals surface area contributed by atoms with Crippen molar-refractivity contribution in [2.75, 3.05) is 37.6 Å². The van der Waals surface area contributed by atoms with E-state index in [1.165, 1.54) is 5.69 Å². The first-order chi connectivity index (χ1) is 17.7. The van der Waals surface area contributed by atoms with Crippen LogP contribution in [0.4, 0.5) is 5.69 Å². The molecule has 1 saturated heterocycles. The molecule has 0 radical (unpaired) electrons. The molecule has 0 unspecified atom stereocenters. The van der Waals surface area contributed by atoms with Crippen LogP contribution < -0.4 is 15.8 Å². The number of piperazine rings is 1. The lowest BCUT2D eigenvalue weighted by Gasteiger charge is -2.36. The largest absolute Gasteiger partial charge is 0.369 e. The van der Waals surface area contributed by atoms with Gasteiger partial charge in [-0.05, 0) is 36.4 Å². The molecule has 5 rings (SSSR count). The number of carbonyl (C=O) groups is 2. The van der Waals surface area contributed by atoms with Crippen molar-refractivity contribution in [3.63, 3.8) is 0 Å². The Kier molecular flexibility index (Phi) is 7.14. The molecule has 1 fully saturated rings. The van der Waals surface area contributed by atoms with Gasteiger partial charge in [-0.15, -0.1) is 0 Å². The highest BCUT2D eigenvalue weighted by Gasteiger charge is 2.18. The molecule has 0 saturated carbocycles. The summed E-state index contributed by atoms with van der Waals surface area (Å²) in [6.45, 7) is 4.30. The van der Waals surface area contributed by atoms with Crippen LogP contribution in [0.2, 0.25) is 0 Å². The Morgan fingerprint density at radius 1 is 0.833 bits per heavy atom. The SMILES string of the molecule is O=C(CCN1CCN(c2ccccc2)CC1)NNC(=O)c1cc(-c2ccncc2)nc2ccccc12. The van der Waals surface area contributed by atoms with E-state index in [-0.39, 0.29) is 11.8 Å². The lowest BCUT2D eigenvalue weighted by atomic mass is 10.0. The van der Waals surface area contributed by atoms with E-state index in [2.05, 4.69) is 54.9 Å². The molecule has 1 aliphatic heterocycles. The number of para-hydroxylation sites is 2. The first-order valence-corrected chi connectivity index (χ1v) is 12.1. The zero-order valence-electron chi connectivity index (χ0n) is 19.9. The van der Waals surface area contributed by atoms with Gasteiger partial charge in [0.1, 0.15) is 0 Å². The third-order valence-corrected chi connectivity index (χ3v) is 6.40. The average Bonchev–Trinajstić information content (AvgIpc) is 2.95. The highest BCUT2D eigenvalue weighted by Crippen LogP contribution is 2.24. The summed E-state index contributed by atoms with van der Waals surface area (Å²) in [4.78, 5) is 38.9. The fraction of sp³-hybridized carbons (Fsp3) is 0.214. The molecule has 2 amide bonds. The molecular formula is C28H28N6O2. The van der Waals surface area contributed by atoms with E-state index in [1.54, 1.807) is 18.5 Å². The molecule has 8 nitrogen and oxygen atoms in total. The van der Waals surface area contributed by atoms with Gasteiger partial charge in [0.2, 0.25) is 5.91 Å². The number of rotatable bonds is 6. The van der Waals surface area contributed by atoms with Crippen molar-refractivity contribution in [1.82, 2.24) is 25.7 Å². The predicted octanol–water partition coefficient (Wildman–Crippen LogP) is 3.27. The van der Waals surface area contributed by atoms with Gasteiger partial charge in [0.25, 0.3) is 5.91 Å². The summed E-state index contributed by atoms with van der Waals surface area (Å²) < 4.78 is 0. The van der Waals surface area contributed by atoms with Crippen LogP contribution in [0.25, 0.3) is 22.2 Å². The summed E-state index contributed by atoms with van der Waals surface area (Å²) in [6, 6.07) is 23.3. The minimum atomic E-state index is -0.381. The molecule has 3 heterocycles. The Labute approximate surface area is 209 Å². The number of anilines is 1. The van der Waals surface area contributed by atoms with Gasteiger partial charge in [0.05, 0.1) is 16.8 Å². The summed E-state index contributed by atoms with van der Waals surface area (Å²) in [5, 5.41) is 0.721. The fourth-order valence-electron chi connectivity index (χ4n) is 4.42. The highest BCUT2D eigenvalue weighted by molar-refractivity contribution is 6.07. The number of fused-ring (bicyclic) bond motifs is 1. The molecule has 2 N–H and O–H groups in total. The Balaban J connectivity index is 1.16. The van der Waals surface area contributed by atoms with Crippen LogP contribution in [0.15, 0.2) is 85.2 Å². The predicted molar refractivity (Wildman–Crippen MR) is 140 cm³/mol. The van der Waals surface area contributed by atoms with E-state index in [0.717, 1.165) is 37.1 Å². The minimum Gasteiger partial charge on any atom is -0.369 e. The molecule has 36 heavy (non-hydrogen) atoms. The van der Waals surface area contributed by atoms with Gasteiger partial charge in [-0.2, -0.15) is 0 Å². The van der Waals surface area contributed by atoms with Crippen LogP contribution in [0, 0.1) is 0 Å². The van der Waals surface area contributed by atoms with E-state index >= 15 is 0 Å². The van der Waals surface area contributed by atoms with Crippen molar-refractivity contribution in [1.29, 1.82) is 0 Å². The van der Waals surface area contributed by atoms with E-state index in [9.17, 15) is 9.59 Å². The molecule has 0 spiro atoms. The number of amides is 2. The minimum absolute atomic E-state index is 0.221. The van der Waals surface area contributed by atoms with Gasteiger partial charge >= 0.3 is 0 Å². The second kappa shape index (κ2) is 11.0. The normalized spacial score (nSPS) is 13.9. The molecule has 1 aliphatic rings. The molecule has 0 atom stereocenters. The van der Waals surface area contributed by atoms with Crippen LogP contribution in [0.5, 0.6) is 0 Å². The monoisotopic (exact) mass is 480 g/mol. The maximum absolute atomic E-state index is 13.0. The van der Waals surface area contributed by atoms with Gasteiger partial charge in [-0.1, -0.05) is 36.4 Å². The van der Waals surface area contributed by atoms with Crippen molar-refractivity contribution in [2.24, 2.45) is 0 Å². The number of hydrazine groups is 1. The molecule has 0 aliphatic carbocycles. The molecule has 8 heteroatoms. The van der Waals surface area contributed by atoms with Crippen LogP contribution >= 0.6 is 0 Å². The van der Waals surface area contributed by atoms with Crippen LogP contribution in [-0.4, -0.2) is 59.4 Å². The van der Waals surface area contributed by atoms with Crippen molar-refractivity contribution in [3.8, 4) is 11.3 Å². The standard InChI is InChI=1S/C28H28N6O2/c35-27(12-15-33-16-18-34(19-17-33)22-6-2-1-3-7-22)31-32-28(36)24-20-26(21-10-13-29-14-11-21)30-25-9-5-4-8-23(24)25/h1-11,13-14,20H,12,15-19H2,(H,31,35)(H,32,36). The van der Waals surface area contributed by atoms with E-state index < -0.39 is 0 Å². The maximum atomic E-state index is 13.0. The topological polar surface area (TPSA) is 90.5 Å². The van der Waals surface area contributed by atoms with Crippen LogP contribution in [-0.2, 0) is 4.79 Å². The number of nitrogens with zero attached hydrogens (tertiary/aromatic N) is 4. The van der Waals surface area contributed by atoms with Gasteiger partial charge in [-0.3, -0.25) is 30.3 Å². The molecule has 4 aromatic rings. The molecule has 0 bridgehead atoms. The number of nitrogens with one attached hydrogen (secondary N) is 2. The smallest absolute Gasteiger partial charge is 0.270 e. The summed E-state index contributed by atoms with van der Waals surface area (Å²) in [6.07, 6.45) is 3.69. The Morgan fingerprint density at radius 2 is 1.56 bits per heavy atom. The van der Waals surface area contributed by atoms with E-state index in [1.807, 2.05) is 42.5 Å². The van der Waals surface area contributed by atoms with Crippen molar-refractivity contribution >= 4 is 28.4 Å².